The van der Waals surface area contributed by atoms with Gasteiger partial charge >= 0.3 is 0 Å². The molecule has 2 amide bonds. The molecule has 88 valence electrons. The van der Waals surface area contributed by atoms with Crippen LogP contribution in [0.5, 0.6) is 0 Å². The minimum atomic E-state index is -0.532. The Bertz CT molecular complexity index is 387. The van der Waals surface area contributed by atoms with Gasteiger partial charge in [0.05, 0.1) is 6.54 Å². The van der Waals surface area contributed by atoms with Crippen molar-refractivity contribution >= 4 is 17.6 Å². The highest BCUT2D eigenvalue weighted by molar-refractivity contribution is 5.83. The number of likely N-dealkylation sites (N-methyl/N-ethyl adjacent to an activating group) is 1. The number of carbonyl (C=O) groups is 2. The Morgan fingerprint density at radius 1 is 1.56 bits per heavy atom. The molecule has 7 heteroatoms. The van der Waals surface area contributed by atoms with Crippen molar-refractivity contribution in [3.05, 3.63) is 12.3 Å². The molecule has 0 saturated carbocycles. The zero-order valence-corrected chi connectivity index (χ0v) is 9.09. The monoisotopic (exact) mass is 225 g/mol. The van der Waals surface area contributed by atoms with Crippen LogP contribution in [0.3, 0.4) is 0 Å². The summed E-state index contributed by atoms with van der Waals surface area (Å²) in [6.07, 6.45) is 1.60. The molecule has 0 aromatic carbocycles. The molecule has 0 aliphatic rings. The molecule has 0 radical (unpaired) electrons. The highest BCUT2D eigenvalue weighted by Gasteiger charge is 2.14. The number of amides is 2. The summed E-state index contributed by atoms with van der Waals surface area (Å²) in [6.45, 7) is 2.18. The number of nitrogens with zero attached hydrogens (tertiary/aromatic N) is 3. The van der Waals surface area contributed by atoms with Crippen LogP contribution in [0.2, 0.25) is 0 Å². The molecule has 0 fully saturated rings. The van der Waals surface area contributed by atoms with E-state index in [1.165, 1.54) is 9.58 Å². The molecular weight excluding hydrogens is 210 g/mol. The molecule has 0 aliphatic carbocycles. The number of aromatic nitrogens is 2. The smallest absolute Gasteiger partial charge is 0.244 e. The van der Waals surface area contributed by atoms with E-state index in [4.69, 9.17) is 11.5 Å². The molecule has 1 aromatic heterocycles. The highest BCUT2D eigenvalue weighted by Crippen LogP contribution is 1.98. The van der Waals surface area contributed by atoms with E-state index in [1.807, 2.05) is 0 Å². The van der Waals surface area contributed by atoms with E-state index in [0.717, 1.165) is 0 Å². The summed E-state index contributed by atoms with van der Waals surface area (Å²) < 4.78 is 1.42. The number of rotatable bonds is 5. The summed E-state index contributed by atoms with van der Waals surface area (Å²) in [5, 5.41) is 3.88. The first-order valence-electron chi connectivity index (χ1n) is 4.88. The van der Waals surface area contributed by atoms with Gasteiger partial charge in [-0.05, 0) is 13.0 Å². The summed E-state index contributed by atoms with van der Waals surface area (Å²) in [7, 11) is 0. The van der Waals surface area contributed by atoms with Crippen molar-refractivity contribution in [2.75, 3.05) is 18.8 Å². The fourth-order valence-electron chi connectivity index (χ4n) is 1.27. The molecule has 0 atom stereocenters. The van der Waals surface area contributed by atoms with Gasteiger partial charge in [0.1, 0.15) is 12.4 Å². The second-order valence-corrected chi connectivity index (χ2v) is 3.31. The number of hydrogen-bond acceptors (Lipinski definition) is 4. The van der Waals surface area contributed by atoms with Crippen LogP contribution >= 0.6 is 0 Å². The molecule has 0 aliphatic heterocycles. The molecule has 4 N–H and O–H groups in total. The van der Waals surface area contributed by atoms with E-state index in [0.29, 0.717) is 12.4 Å². The molecule has 16 heavy (non-hydrogen) atoms. The van der Waals surface area contributed by atoms with Gasteiger partial charge in [0, 0.05) is 12.7 Å². The molecule has 0 bridgehead atoms. The maximum absolute atomic E-state index is 11.7. The maximum atomic E-state index is 11.7. The Morgan fingerprint density at radius 2 is 2.25 bits per heavy atom. The lowest BCUT2D eigenvalue weighted by atomic mass is 10.4. The second kappa shape index (κ2) is 5.15. The molecule has 0 spiro atoms. The Labute approximate surface area is 93.0 Å². The lowest BCUT2D eigenvalue weighted by molar-refractivity contribution is -0.135. The number of primary amides is 1. The highest BCUT2D eigenvalue weighted by atomic mass is 16.2. The largest absolute Gasteiger partial charge is 0.382 e. The Balaban J connectivity index is 2.59. The first-order valence-corrected chi connectivity index (χ1v) is 4.88. The Kier molecular flexibility index (Phi) is 3.87. The normalized spacial score (nSPS) is 10.1. The van der Waals surface area contributed by atoms with Gasteiger partial charge in [0.15, 0.2) is 0 Å². The van der Waals surface area contributed by atoms with Crippen molar-refractivity contribution in [1.82, 2.24) is 14.7 Å². The van der Waals surface area contributed by atoms with Gasteiger partial charge in [0.25, 0.3) is 0 Å². The summed E-state index contributed by atoms with van der Waals surface area (Å²) in [4.78, 5) is 23.8. The van der Waals surface area contributed by atoms with Gasteiger partial charge in [-0.25, -0.2) is 0 Å². The van der Waals surface area contributed by atoms with Gasteiger partial charge in [0.2, 0.25) is 11.8 Å². The van der Waals surface area contributed by atoms with Crippen LogP contribution in [0.15, 0.2) is 12.3 Å². The Morgan fingerprint density at radius 3 is 2.69 bits per heavy atom. The van der Waals surface area contributed by atoms with Crippen LogP contribution in [0.25, 0.3) is 0 Å². The standard InChI is InChI=1S/C9H15N5O2/c1-2-13(5-8(11)15)9(16)6-14-4-3-7(10)12-14/h3-4H,2,5-6H2,1H3,(H2,10,12)(H2,11,15). The van der Waals surface area contributed by atoms with Crippen molar-refractivity contribution in [2.24, 2.45) is 5.73 Å². The van der Waals surface area contributed by atoms with Gasteiger partial charge in [-0.2, -0.15) is 5.10 Å². The number of anilines is 1. The quantitative estimate of drug-likeness (QED) is 0.656. The number of nitrogen functional groups attached to an aromatic ring is 1. The third-order valence-electron chi connectivity index (χ3n) is 2.04. The predicted octanol–water partition coefficient (Wildman–Crippen LogP) is -1.20. The molecule has 0 saturated heterocycles. The average Bonchev–Trinajstić information content (AvgIpc) is 2.60. The first-order chi connectivity index (χ1) is 7.52. The van der Waals surface area contributed by atoms with Crippen LogP contribution in [0.1, 0.15) is 6.92 Å². The fraction of sp³-hybridized carbons (Fsp3) is 0.444. The number of carbonyl (C=O) groups excluding carboxylic acids is 2. The summed E-state index contributed by atoms with van der Waals surface area (Å²) in [6, 6.07) is 1.59. The third kappa shape index (κ3) is 3.26. The van der Waals surface area contributed by atoms with E-state index < -0.39 is 5.91 Å². The first kappa shape index (κ1) is 12.0. The molecule has 7 nitrogen and oxygen atoms in total. The molecule has 1 heterocycles. The topological polar surface area (TPSA) is 107 Å². The van der Waals surface area contributed by atoms with E-state index in [2.05, 4.69) is 5.10 Å². The molecule has 0 unspecified atom stereocenters. The van der Waals surface area contributed by atoms with Crippen LogP contribution in [-0.2, 0) is 16.1 Å². The summed E-state index contributed by atoms with van der Waals surface area (Å²) in [5.74, 6) is -0.398. The van der Waals surface area contributed by atoms with Crippen molar-refractivity contribution in [3.63, 3.8) is 0 Å². The minimum Gasteiger partial charge on any atom is -0.382 e. The minimum absolute atomic E-state index is 0.0539. The van der Waals surface area contributed by atoms with E-state index >= 15 is 0 Å². The zero-order chi connectivity index (χ0) is 12.1. The summed E-state index contributed by atoms with van der Waals surface area (Å²) in [5.41, 5.74) is 10.4. The van der Waals surface area contributed by atoms with E-state index in [9.17, 15) is 9.59 Å². The van der Waals surface area contributed by atoms with Crippen LogP contribution in [-0.4, -0.2) is 39.6 Å². The second-order valence-electron chi connectivity index (χ2n) is 3.31. The van der Waals surface area contributed by atoms with Gasteiger partial charge in [-0.15, -0.1) is 0 Å². The van der Waals surface area contributed by atoms with E-state index in [1.54, 1.807) is 19.2 Å². The van der Waals surface area contributed by atoms with Crippen molar-refractivity contribution in [2.45, 2.75) is 13.5 Å². The fourth-order valence-corrected chi connectivity index (χ4v) is 1.27. The van der Waals surface area contributed by atoms with Gasteiger partial charge in [-0.1, -0.05) is 0 Å². The number of nitrogens with two attached hydrogens (primary N) is 2. The van der Waals surface area contributed by atoms with Crippen LogP contribution < -0.4 is 11.5 Å². The lowest BCUT2D eigenvalue weighted by Gasteiger charge is -2.18. The van der Waals surface area contributed by atoms with Crippen molar-refractivity contribution in [1.29, 1.82) is 0 Å². The lowest BCUT2D eigenvalue weighted by Crippen LogP contribution is -2.40. The number of hydrogen-bond donors (Lipinski definition) is 2. The molecule has 1 aromatic rings. The predicted molar refractivity (Wildman–Crippen MR) is 58.1 cm³/mol. The van der Waals surface area contributed by atoms with Crippen LogP contribution in [0, 0.1) is 0 Å². The zero-order valence-electron chi connectivity index (χ0n) is 9.09. The SMILES string of the molecule is CCN(CC(N)=O)C(=O)Cn1ccc(N)n1. The van der Waals surface area contributed by atoms with Gasteiger partial charge in [-0.3, -0.25) is 14.3 Å². The molecular formula is C9H15N5O2. The molecule has 1 rings (SSSR count). The average molecular weight is 225 g/mol. The Hall–Kier alpha value is -2.05. The van der Waals surface area contributed by atoms with Crippen molar-refractivity contribution in [3.8, 4) is 0 Å². The van der Waals surface area contributed by atoms with Crippen molar-refractivity contribution < 1.29 is 9.59 Å². The van der Waals surface area contributed by atoms with Crippen LogP contribution in [0.4, 0.5) is 5.82 Å². The van der Waals surface area contributed by atoms with E-state index in [-0.39, 0.29) is 19.0 Å². The summed E-state index contributed by atoms with van der Waals surface area (Å²) >= 11 is 0. The maximum Gasteiger partial charge on any atom is 0.244 e. The van der Waals surface area contributed by atoms with Gasteiger partial charge < -0.3 is 16.4 Å². The third-order valence-corrected chi connectivity index (χ3v) is 2.04.